The third-order valence-corrected chi connectivity index (χ3v) is 8.06. The van der Waals surface area contributed by atoms with E-state index in [1.165, 1.54) is 23.1 Å². The minimum atomic E-state index is -3.90. The lowest BCUT2D eigenvalue weighted by atomic mass is 10.1. The van der Waals surface area contributed by atoms with Crippen LogP contribution in [-0.4, -0.2) is 50.0 Å². The first-order chi connectivity index (χ1) is 16.5. The lowest BCUT2D eigenvalue weighted by molar-refractivity contribution is -0.139. The maximum Gasteiger partial charge on any atom is 0.244 e. The molecule has 0 bridgehead atoms. The van der Waals surface area contributed by atoms with Crippen LogP contribution in [0.1, 0.15) is 38.2 Å². The van der Waals surface area contributed by atoms with Gasteiger partial charge in [-0.05, 0) is 49.6 Å². The first kappa shape index (κ1) is 27.6. The van der Waals surface area contributed by atoms with Gasteiger partial charge in [0.15, 0.2) is 0 Å². The summed E-state index contributed by atoms with van der Waals surface area (Å²) in [6.07, 6.45) is 4.88. The van der Waals surface area contributed by atoms with Gasteiger partial charge >= 0.3 is 0 Å². The lowest BCUT2D eigenvalue weighted by Crippen LogP contribution is -2.52. The van der Waals surface area contributed by atoms with Gasteiger partial charge in [0.2, 0.25) is 21.8 Å². The van der Waals surface area contributed by atoms with Gasteiger partial charge in [-0.3, -0.25) is 13.9 Å². The molecular formula is C24H28Cl3N3O4S. The first-order valence-electron chi connectivity index (χ1n) is 11.2. The molecule has 1 fully saturated rings. The van der Waals surface area contributed by atoms with Crippen molar-refractivity contribution in [3.8, 4) is 0 Å². The molecule has 0 aromatic heterocycles. The summed E-state index contributed by atoms with van der Waals surface area (Å²) in [6.45, 7) is 1.11. The Bertz CT molecular complexity index is 1190. The Morgan fingerprint density at radius 1 is 1.06 bits per heavy atom. The highest BCUT2D eigenvalue weighted by molar-refractivity contribution is 7.92. The molecule has 190 valence electrons. The maximum absolute atomic E-state index is 13.6. The highest BCUT2D eigenvalue weighted by Crippen LogP contribution is 2.31. The van der Waals surface area contributed by atoms with Crippen molar-refractivity contribution in [2.75, 3.05) is 17.1 Å². The SMILES string of the molecule is C[C@@H](C(=O)NC1CCCC1)N(Cc1ccccc1Cl)C(=O)CN(c1ccc(Cl)cc1Cl)S(C)(=O)=O. The smallest absolute Gasteiger partial charge is 0.244 e. The zero-order chi connectivity index (χ0) is 25.8. The van der Waals surface area contributed by atoms with Crippen molar-refractivity contribution in [3.63, 3.8) is 0 Å². The van der Waals surface area contributed by atoms with Crippen molar-refractivity contribution < 1.29 is 18.0 Å². The van der Waals surface area contributed by atoms with Gasteiger partial charge in [0.25, 0.3) is 0 Å². The summed E-state index contributed by atoms with van der Waals surface area (Å²) < 4.78 is 26.2. The molecule has 7 nitrogen and oxygen atoms in total. The molecule has 0 saturated heterocycles. The molecule has 0 aliphatic heterocycles. The van der Waals surface area contributed by atoms with Crippen molar-refractivity contribution in [1.82, 2.24) is 10.2 Å². The number of rotatable bonds is 9. The van der Waals surface area contributed by atoms with E-state index in [0.29, 0.717) is 15.6 Å². The molecule has 1 aliphatic rings. The monoisotopic (exact) mass is 559 g/mol. The molecule has 1 N–H and O–H groups in total. The van der Waals surface area contributed by atoms with Crippen LogP contribution >= 0.6 is 34.8 Å². The van der Waals surface area contributed by atoms with Crippen molar-refractivity contribution in [2.24, 2.45) is 0 Å². The number of nitrogens with zero attached hydrogens (tertiary/aromatic N) is 2. The van der Waals surface area contributed by atoms with E-state index in [1.807, 2.05) is 0 Å². The molecule has 1 saturated carbocycles. The van der Waals surface area contributed by atoms with Crippen molar-refractivity contribution in [3.05, 3.63) is 63.1 Å². The predicted molar refractivity (Wildman–Crippen MR) is 141 cm³/mol. The van der Waals surface area contributed by atoms with Crippen LogP contribution in [-0.2, 0) is 26.2 Å². The Morgan fingerprint density at radius 3 is 2.31 bits per heavy atom. The Hall–Kier alpha value is -2.00. The first-order valence-corrected chi connectivity index (χ1v) is 14.2. The second kappa shape index (κ2) is 11.8. The van der Waals surface area contributed by atoms with Crippen LogP contribution in [0.2, 0.25) is 15.1 Å². The number of halogens is 3. The summed E-state index contributed by atoms with van der Waals surface area (Å²) in [5, 5.41) is 3.86. The topological polar surface area (TPSA) is 86.8 Å². The molecule has 2 aromatic carbocycles. The second-order valence-corrected chi connectivity index (χ2v) is 11.8. The van der Waals surface area contributed by atoms with Gasteiger partial charge in [-0.15, -0.1) is 0 Å². The Labute approximate surface area is 221 Å². The van der Waals surface area contributed by atoms with Gasteiger partial charge in [0.1, 0.15) is 12.6 Å². The van der Waals surface area contributed by atoms with Crippen molar-refractivity contribution in [2.45, 2.75) is 51.2 Å². The van der Waals surface area contributed by atoms with E-state index < -0.39 is 28.5 Å². The standard InChI is InChI=1S/C24H28Cl3N3O4S/c1-16(24(32)28-19-8-4-5-9-19)29(14-17-7-3-6-10-20(17)26)23(31)15-30(35(2,33)34)22-12-11-18(25)13-21(22)27/h3,6-7,10-13,16,19H,4-5,8-9,14-15H2,1-2H3,(H,28,32)/t16-/m0/s1. The summed E-state index contributed by atoms with van der Waals surface area (Å²) in [5.41, 5.74) is 0.756. The molecular weight excluding hydrogens is 533 g/mol. The van der Waals surface area contributed by atoms with Crippen LogP contribution in [0.25, 0.3) is 0 Å². The largest absolute Gasteiger partial charge is 0.352 e. The quantitative estimate of drug-likeness (QED) is 0.473. The number of nitrogens with one attached hydrogen (secondary N) is 1. The number of carbonyl (C=O) groups excluding carboxylic acids is 2. The zero-order valence-corrected chi connectivity index (χ0v) is 22.6. The zero-order valence-electron chi connectivity index (χ0n) is 19.5. The van der Waals surface area contributed by atoms with E-state index in [4.69, 9.17) is 34.8 Å². The van der Waals surface area contributed by atoms with E-state index in [2.05, 4.69) is 5.32 Å². The van der Waals surface area contributed by atoms with Crippen LogP contribution in [0, 0.1) is 0 Å². The number of anilines is 1. The van der Waals surface area contributed by atoms with Gasteiger partial charge in [-0.1, -0.05) is 65.8 Å². The second-order valence-electron chi connectivity index (χ2n) is 8.64. The molecule has 0 radical (unpaired) electrons. The van der Waals surface area contributed by atoms with Gasteiger partial charge < -0.3 is 10.2 Å². The molecule has 1 atom stereocenters. The number of amides is 2. The highest BCUT2D eigenvalue weighted by atomic mass is 35.5. The average Bonchev–Trinajstić information content (AvgIpc) is 3.29. The summed E-state index contributed by atoms with van der Waals surface area (Å²) in [7, 11) is -3.90. The van der Waals surface area contributed by atoms with E-state index in [0.717, 1.165) is 36.2 Å². The van der Waals surface area contributed by atoms with E-state index in [-0.39, 0.29) is 29.2 Å². The molecule has 0 heterocycles. The number of carbonyl (C=O) groups is 2. The summed E-state index contributed by atoms with van der Waals surface area (Å²) in [5.74, 6) is -0.872. The number of sulfonamides is 1. The number of benzene rings is 2. The van der Waals surface area contributed by atoms with E-state index in [9.17, 15) is 18.0 Å². The number of hydrogen-bond donors (Lipinski definition) is 1. The van der Waals surface area contributed by atoms with Crippen LogP contribution in [0.15, 0.2) is 42.5 Å². The molecule has 2 amide bonds. The molecule has 35 heavy (non-hydrogen) atoms. The van der Waals surface area contributed by atoms with Gasteiger partial charge in [-0.25, -0.2) is 8.42 Å². The van der Waals surface area contributed by atoms with Gasteiger partial charge in [-0.2, -0.15) is 0 Å². The average molecular weight is 561 g/mol. The van der Waals surface area contributed by atoms with E-state index >= 15 is 0 Å². The third-order valence-electron chi connectivity index (χ3n) is 6.02. The molecule has 3 rings (SSSR count). The summed E-state index contributed by atoms with van der Waals surface area (Å²) >= 11 is 18.5. The number of hydrogen-bond acceptors (Lipinski definition) is 4. The third kappa shape index (κ3) is 7.26. The Balaban J connectivity index is 1.91. The molecule has 2 aromatic rings. The van der Waals surface area contributed by atoms with Gasteiger partial charge in [0.05, 0.1) is 17.0 Å². The molecule has 1 aliphatic carbocycles. The molecule has 0 spiro atoms. The summed E-state index contributed by atoms with van der Waals surface area (Å²) in [4.78, 5) is 28.0. The fourth-order valence-electron chi connectivity index (χ4n) is 4.06. The van der Waals surface area contributed by atoms with Crippen molar-refractivity contribution >= 4 is 62.3 Å². The van der Waals surface area contributed by atoms with Crippen LogP contribution < -0.4 is 9.62 Å². The maximum atomic E-state index is 13.6. The fraction of sp³-hybridized carbons (Fsp3) is 0.417. The molecule has 11 heteroatoms. The Morgan fingerprint density at radius 2 is 1.71 bits per heavy atom. The van der Waals surface area contributed by atoms with E-state index in [1.54, 1.807) is 31.2 Å². The van der Waals surface area contributed by atoms with Gasteiger partial charge in [0, 0.05) is 22.6 Å². The van der Waals surface area contributed by atoms with Crippen LogP contribution in [0.4, 0.5) is 5.69 Å². The van der Waals surface area contributed by atoms with Crippen LogP contribution in [0.5, 0.6) is 0 Å². The Kier molecular flexibility index (Phi) is 9.32. The minimum absolute atomic E-state index is 0.0315. The minimum Gasteiger partial charge on any atom is -0.352 e. The molecule has 0 unspecified atom stereocenters. The predicted octanol–water partition coefficient (Wildman–Crippen LogP) is 4.89. The van der Waals surface area contributed by atoms with Crippen molar-refractivity contribution in [1.29, 1.82) is 0 Å². The highest BCUT2D eigenvalue weighted by Gasteiger charge is 2.32. The fourth-order valence-corrected chi connectivity index (χ4v) is 5.68. The van der Waals surface area contributed by atoms with Crippen LogP contribution in [0.3, 0.4) is 0 Å². The lowest BCUT2D eigenvalue weighted by Gasteiger charge is -2.32. The summed E-state index contributed by atoms with van der Waals surface area (Å²) in [6, 6.07) is 10.5. The normalized spacial score (nSPS) is 15.0.